The van der Waals surface area contributed by atoms with Gasteiger partial charge in [0.1, 0.15) is 0 Å². The first-order chi connectivity index (χ1) is 10.1. The number of carbonyl (C=O) groups is 1. The molecule has 0 saturated carbocycles. The van der Waals surface area contributed by atoms with Crippen LogP contribution in [0.25, 0.3) is 11.3 Å². The Bertz CT molecular complexity index is 642. The molecule has 1 saturated heterocycles. The van der Waals surface area contributed by atoms with Crippen LogP contribution in [0, 0.1) is 0 Å². The van der Waals surface area contributed by atoms with Crippen molar-refractivity contribution in [2.75, 3.05) is 19.6 Å². The molecular weight excluding hydrogens is 325 g/mol. The molecule has 1 amide bonds. The topological polar surface area (TPSA) is 58.4 Å². The zero-order valence-electron chi connectivity index (χ0n) is 12.1. The molecule has 0 bridgehead atoms. The third kappa shape index (κ3) is 3.43. The molecule has 118 valence electrons. The van der Waals surface area contributed by atoms with Gasteiger partial charge in [0, 0.05) is 42.3 Å². The minimum absolute atomic E-state index is 0. The standard InChI is InChI=1S/C15H16ClN3O2.ClH/c1-10-9-17-6-7-19(10)15(20)13-8-14(21-18-13)11-2-4-12(16)5-3-11;/h2-5,8,10,17H,6-7,9H2,1H3;1H/t10-;/m0./s1. The van der Waals surface area contributed by atoms with Crippen LogP contribution in [0.2, 0.25) is 5.02 Å². The van der Waals surface area contributed by atoms with Crippen LogP contribution in [0.5, 0.6) is 0 Å². The lowest BCUT2D eigenvalue weighted by Crippen LogP contribution is -2.52. The number of rotatable bonds is 2. The molecule has 0 radical (unpaired) electrons. The molecule has 2 aromatic rings. The second-order valence-corrected chi connectivity index (χ2v) is 5.57. The number of amides is 1. The Morgan fingerprint density at radius 1 is 1.41 bits per heavy atom. The first-order valence-corrected chi connectivity index (χ1v) is 7.27. The van der Waals surface area contributed by atoms with Crippen LogP contribution in [0.3, 0.4) is 0 Å². The van der Waals surface area contributed by atoms with Gasteiger partial charge in [-0.2, -0.15) is 0 Å². The lowest BCUT2D eigenvalue weighted by Gasteiger charge is -2.33. The highest BCUT2D eigenvalue weighted by Crippen LogP contribution is 2.23. The van der Waals surface area contributed by atoms with Crippen LogP contribution in [-0.4, -0.2) is 41.6 Å². The SMILES string of the molecule is C[C@H]1CNCCN1C(=O)c1cc(-c2ccc(Cl)cc2)on1.Cl. The van der Waals surface area contributed by atoms with E-state index >= 15 is 0 Å². The summed E-state index contributed by atoms with van der Waals surface area (Å²) in [7, 11) is 0. The monoisotopic (exact) mass is 341 g/mol. The predicted molar refractivity (Wildman–Crippen MR) is 87.6 cm³/mol. The number of hydrogen-bond acceptors (Lipinski definition) is 4. The van der Waals surface area contributed by atoms with Gasteiger partial charge < -0.3 is 14.7 Å². The summed E-state index contributed by atoms with van der Waals surface area (Å²) in [5.74, 6) is 0.478. The number of carbonyl (C=O) groups excluding carboxylic acids is 1. The van der Waals surface area contributed by atoms with E-state index in [0.717, 1.165) is 18.7 Å². The fraction of sp³-hybridized carbons (Fsp3) is 0.333. The zero-order chi connectivity index (χ0) is 14.8. The first-order valence-electron chi connectivity index (χ1n) is 6.89. The van der Waals surface area contributed by atoms with Crippen molar-refractivity contribution in [3.8, 4) is 11.3 Å². The summed E-state index contributed by atoms with van der Waals surface area (Å²) < 4.78 is 5.28. The second-order valence-electron chi connectivity index (χ2n) is 5.13. The number of halogens is 2. The van der Waals surface area contributed by atoms with Crippen molar-refractivity contribution in [2.24, 2.45) is 0 Å². The van der Waals surface area contributed by atoms with Crippen molar-refractivity contribution in [3.63, 3.8) is 0 Å². The fourth-order valence-electron chi connectivity index (χ4n) is 2.42. The Labute approximate surface area is 140 Å². The molecule has 1 fully saturated rings. The third-order valence-corrected chi connectivity index (χ3v) is 3.87. The lowest BCUT2D eigenvalue weighted by molar-refractivity contribution is 0.0645. The van der Waals surface area contributed by atoms with Crippen LogP contribution in [0.1, 0.15) is 17.4 Å². The molecule has 1 atom stereocenters. The van der Waals surface area contributed by atoms with E-state index in [1.165, 1.54) is 0 Å². The van der Waals surface area contributed by atoms with Crippen LogP contribution < -0.4 is 5.32 Å². The number of nitrogens with zero attached hydrogens (tertiary/aromatic N) is 2. The Balaban J connectivity index is 0.00000176. The maximum atomic E-state index is 12.5. The molecule has 1 aliphatic heterocycles. The second kappa shape index (κ2) is 7.13. The van der Waals surface area contributed by atoms with E-state index in [1.54, 1.807) is 18.2 Å². The quantitative estimate of drug-likeness (QED) is 0.912. The molecule has 1 aliphatic rings. The van der Waals surface area contributed by atoms with Crippen molar-refractivity contribution in [1.29, 1.82) is 0 Å². The highest BCUT2D eigenvalue weighted by Gasteiger charge is 2.26. The van der Waals surface area contributed by atoms with Gasteiger partial charge in [-0.05, 0) is 31.2 Å². The maximum Gasteiger partial charge on any atom is 0.276 e. The number of nitrogens with one attached hydrogen (secondary N) is 1. The first kappa shape index (κ1) is 16.8. The van der Waals surface area contributed by atoms with Crippen LogP contribution in [-0.2, 0) is 0 Å². The van der Waals surface area contributed by atoms with E-state index in [1.807, 2.05) is 24.0 Å². The van der Waals surface area contributed by atoms with Crippen LogP contribution in [0.15, 0.2) is 34.9 Å². The molecule has 5 nitrogen and oxygen atoms in total. The Morgan fingerprint density at radius 3 is 2.82 bits per heavy atom. The molecule has 2 heterocycles. The molecule has 0 spiro atoms. The predicted octanol–water partition coefficient (Wildman–Crippen LogP) is 2.85. The van der Waals surface area contributed by atoms with E-state index in [4.69, 9.17) is 16.1 Å². The van der Waals surface area contributed by atoms with Gasteiger partial charge in [-0.25, -0.2) is 0 Å². The molecular formula is C15H17Cl2N3O2. The molecule has 7 heteroatoms. The van der Waals surface area contributed by atoms with Gasteiger partial charge in [-0.3, -0.25) is 4.79 Å². The van der Waals surface area contributed by atoms with Gasteiger partial charge in [0.25, 0.3) is 5.91 Å². The van der Waals surface area contributed by atoms with Gasteiger partial charge in [-0.15, -0.1) is 12.4 Å². The summed E-state index contributed by atoms with van der Waals surface area (Å²) in [6.07, 6.45) is 0. The molecule has 0 unspecified atom stereocenters. The van der Waals surface area contributed by atoms with Crippen LogP contribution in [0.4, 0.5) is 0 Å². The van der Waals surface area contributed by atoms with Crippen molar-refractivity contribution in [1.82, 2.24) is 15.4 Å². The molecule has 1 aromatic heterocycles. The molecule has 1 aromatic carbocycles. The molecule has 3 rings (SSSR count). The minimum atomic E-state index is -0.0898. The summed E-state index contributed by atoms with van der Waals surface area (Å²) in [6.45, 7) is 4.30. The number of piperazine rings is 1. The summed E-state index contributed by atoms with van der Waals surface area (Å²) >= 11 is 5.86. The van der Waals surface area contributed by atoms with E-state index in [0.29, 0.717) is 23.0 Å². The largest absolute Gasteiger partial charge is 0.355 e. The molecule has 22 heavy (non-hydrogen) atoms. The average molecular weight is 342 g/mol. The number of benzene rings is 1. The Kier molecular flexibility index (Phi) is 5.45. The Hall–Kier alpha value is -1.56. The zero-order valence-corrected chi connectivity index (χ0v) is 13.7. The van der Waals surface area contributed by atoms with Crippen molar-refractivity contribution in [2.45, 2.75) is 13.0 Å². The Morgan fingerprint density at radius 2 is 2.14 bits per heavy atom. The smallest absolute Gasteiger partial charge is 0.276 e. The highest BCUT2D eigenvalue weighted by molar-refractivity contribution is 6.30. The van der Waals surface area contributed by atoms with E-state index < -0.39 is 0 Å². The van der Waals surface area contributed by atoms with E-state index in [2.05, 4.69) is 10.5 Å². The van der Waals surface area contributed by atoms with Gasteiger partial charge in [0.05, 0.1) is 0 Å². The van der Waals surface area contributed by atoms with Gasteiger partial charge >= 0.3 is 0 Å². The summed E-state index contributed by atoms with van der Waals surface area (Å²) in [6, 6.07) is 9.07. The minimum Gasteiger partial charge on any atom is -0.355 e. The summed E-state index contributed by atoms with van der Waals surface area (Å²) in [5.41, 5.74) is 1.19. The van der Waals surface area contributed by atoms with Crippen molar-refractivity contribution < 1.29 is 9.32 Å². The normalized spacial score (nSPS) is 17.9. The van der Waals surface area contributed by atoms with E-state index in [-0.39, 0.29) is 24.4 Å². The average Bonchev–Trinajstić information content (AvgIpc) is 2.98. The lowest BCUT2D eigenvalue weighted by atomic mass is 10.1. The fourth-order valence-corrected chi connectivity index (χ4v) is 2.54. The highest BCUT2D eigenvalue weighted by atomic mass is 35.5. The van der Waals surface area contributed by atoms with Gasteiger partial charge in [0.2, 0.25) is 0 Å². The number of hydrogen-bond donors (Lipinski definition) is 1. The van der Waals surface area contributed by atoms with Crippen molar-refractivity contribution >= 4 is 29.9 Å². The summed E-state index contributed by atoms with van der Waals surface area (Å²) in [4.78, 5) is 14.3. The third-order valence-electron chi connectivity index (χ3n) is 3.62. The van der Waals surface area contributed by atoms with Gasteiger partial charge in [0.15, 0.2) is 11.5 Å². The molecule has 1 N–H and O–H groups in total. The van der Waals surface area contributed by atoms with Crippen molar-refractivity contribution in [3.05, 3.63) is 41.0 Å². The summed E-state index contributed by atoms with van der Waals surface area (Å²) in [5, 5.41) is 7.82. The maximum absolute atomic E-state index is 12.5. The van der Waals surface area contributed by atoms with Crippen LogP contribution >= 0.6 is 24.0 Å². The molecule has 0 aliphatic carbocycles. The van der Waals surface area contributed by atoms with Gasteiger partial charge in [-0.1, -0.05) is 16.8 Å². The van der Waals surface area contributed by atoms with E-state index in [9.17, 15) is 4.79 Å². The number of aromatic nitrogens is 1.